The number of aliphatic hydroxyl groups excluding tert-OH is 1. The van der Waals surface area contributed by atoms with Crippen molar-refractivity contribution >= 4 is 22.7 Å². The van der Waals surface area contributed by atoms with E-state index in [4.69, 9.17) is 0 Å². The standard InChI is InChI=1S/C17H20N4O5/c22-11-6-3-4-9-14(11)20-15(21-16(9)25)12(23)8-13(24)19-10-5-1-2-7-18-17(10)26/h3-4,6,10,12,22-23H,1-2,5,7-8H2,(H,18,26)(H,19,24)(H,20,21,25). The fraction of sp³-hybridized carbons (Fsp3) is 0.412. The van der Waals surface area contributed by atoms with E-state index in [1.807, 2.05) is 0 Å². The number of phenolic OH excluding ortho intramolecular Hbond substituents is 1. The van der Waals surface area contributed by atoms with Gasteiger partial charge in [0.25, 0.3) is 5.56 Å². The zero-order chi connectivity index (χ0) is 18.7. The lowest BCUT2D eigenvalue weighted by molar-refractivity contribution is -0.130. The van der Waals surface area contributed by atoms with Gasteiger partial charge in [-0.05, 0) is 31.4 Å². The van der Waals surface area contributed by atoms with Gasteiger partial charge in [0.1, 0.15) is 29.2 Å². The molecule has 0 saturated carbocycles. The van der Waals surface area contributed by atoms with Gasteiger partial charge in [-0.1, -0.05) is 6.07 Å². The number of aromatic nitrogens is 2. The molecule has 2 aromatic rings. The van der Waals surface area contributed by atoms with Crippen molar-refractivity contribution in [3.63, 3.8) is 0 Å². The van der Waals surface area contributed by atoms with Crippen LogP contribution in [0.15, 0.2) is 23.0 Å². The van der Waals surface area contributed by atoms with Gasteiger partial charge in [0.15, 0.2) is 0 Å². The van der Waals surface area contributed by atoms with Crippen LogP contribution >= 0.6 is 0 Å². The Labute approximate surface area is 148 Å². The molecule has 5 N–H and O–H groups in total. The maximum Gasteiger partial charge on any atom is 0.258 e. The van der Waals surface area contributed by atoms with Gasteiger partial charge in [0, 0.05) is 6.54 Å². The maximum atomic E-state index is 12.1. The Hall–Kier alpha value is -2.94. The molecule has 138 valence electrons. The number of aliphatic hydroxyl groups is 1. The quantitative estimate of drug-likeness (QED) is 0.512. The molecule has 9 nitrogen and oxygen atoms in total. The summed E-state index contributed by atoms with van der Waals surface area (Å²) >= 11 is 0. The van der Waals surface area contributed by atoms with E-state index in [0.29, 0.717) is 13.0 Å². The Balaban J connectivity index is 1.73. The fourth-order valence-corrected chi connectivity index (χ4v) is 2.92. The third-order valence-electron chi connectivity index (χ3n) is 4.30. The molecule has 0 radical (unpaired) electrons. The first-order valence-corrected chi connectivity index (χ1v) is 8.43. The Morgan fingerprint density at radius 1 is 1.35 bits per heavy atom. The number of para-hydroxylation sites is 1. The highest BCUT2D eigenvalue weighted by atomic mass is 16.3. The number of amides is 2. The number of nitrogens with zero attached hydrogens (tertiary/aromatic N) is 1. The van der Waals surface area contributed by atoms with Crippen molar-refractivity contribution in [2.45, 2.75) is 37.8 Å². The third kappa shape index (κ3) is 3.83. The smallest absolute Gasteiger partial charge is 0.258 e. The number of nitrogens with one attached hydrogen (secondary N) is 3. The lowest BCUT2D eigenvalue weighted by Crippen LogP contribution is -2.45. The summed E-state index contributed by atoms with van der Waals surface area (Å²) in [6, 6.07) is 3.75. The largest absolute Gasteiger partial charge is 0.506 e. The molecular weight excluding hydrogens is 340 g/mol. The lowest BCUT2D eigenvalue weighted by Gasteiger charge is -2.16. The number of aromatic hydroxyl groups is 1. The van der Waals surface area contributed by atoms with Crippen LogP contribution in [0.5, 0.6) is 5.75 Å². The number of aromatic amines is 1. The fourth-order valence-electron chi connectivity index (χ4n) is 2.92. The summed E-state index contributed by atoms with van der Waals surface area (Å²) in [5, 5.41) is 25.6. The number of H-pyrrole nitrogens is 1. The van der Waals surface area contributed by atoms with Crippen LogP contribution in [0.25, 0.3) is 10.9 Å². The lowest BCUT2D eigenvalue weighted by atomic mass is 10.1. The predicted octanol–water partition coefficient (Wildman–Crippen LogP) is -0.163. The summed E-state index contributed by atoms with van der Waals surface area (Å²) < 4.78 is 0. The molecule has 1 saturated heterocycles. The summed E-state index contributed by atoms with van der Waals surface area (Å²) in [6.07, 6.45) is 0.455. The maximum absolute atomic E-state index is 12.1. The molecule has 9 heteroatoms. The van der Waals surface area contributed by atoms with Gasteiger partial charge >= 0.3 is 0 Å². The monoisotopic (exact) mass is 360 g/mol. The van der Waals surface area contributed by atoms with Crippen molar-refractivity contribution in [2.75, 3.05) is 6.54 Å². The number of rotatable bonds is 4. The van der Waals surface area contributed by atoms with E-state index in [-0.39, 0.29) is 34.8 Å². The number of carbonyl (C=O) groups excluding carboxylic acids is 2. The van der Waals surface area contributed by atoms with Crippen LogP contribution in [0.4, 0.5) is 0 Å². The van der Waals surface area contributed by atoms with Crippen molar-refractivity contribution in [1.82, 2.24) is 20.6 Å². The van der Waals surface area contributed by atoms with Crippen LogP contribution in [-0.4, -0.2) is 44.6 Å². The van der Waals surface area contributed by atoms with Gasteiger partial charge in [-0.15, -0.1) is 0 Å². The van der Waals surface area contributed by atoms with Gasteiger partial charge < -0.3 is 25.8 Å². The second-order valence-electron chi connectivity index (χ2n) is 6.25. The predicted molar refractivity (Wildman–Crippen MR) is 92.4 cm³/mol. The third-order valence-corrected chi connectivity index (χ3v) is 4.30. The molecule has 2 amide bonds. The van der Waals surface area contributed by atoms with Crippen molar-refractivity contribution in [3.8, 4) is 5.75 Å². The van der Waals surface area contributed by atoms with Crippen LogP contribution in [-0.2, 0) is 9.59 Å². The van der Waals surface area contributed by atoms with Crippen LogP contribution in [0.1, 0.15) is 37.6 Å². The normalized spacial score (nSPS) is 18.8. The molecule has 1 aliphatic heterocycles. The highest BCUT2D eigenvalue weighted by Gasteiger charge is 2.24. The summed E-state index contributed by atoms with van der Waals surface area (Å²) in [5.74, 6) is -1.09. The Bertz CT molecular complexity index is 894. The Kier molecular flexibility index (Phi) is 5.17. The molecule has 0 spiro atoms. The zero-order valence-electron chi connectivity index (χ0n) is 14.0. The summed E-state index contributed by atoms with van der Waals surface area (Å²) in [5.41, 5.74) is -0.475. The highest BCUT2D eigenvalue weighted by Crippen LogP contribution is 2.21. The summed E-state index contributed by atoms with van der Waals surface area (Å²) in [7, 11) is 0. The number of hydrogen-bond donors (Lipinski definition) is 5. The second-order valence-corrected chi connectivity index (χ2v) is 6.25. The van der Waals surface area contributed by atoms with E-state index in [9.17, 15) is 24.6 Å². The Morgan fingerprint density at radius 2 is 2.15 bits per heavy atom. The van der Waals surface area contributed by atoms with Crippen molar-refractivity contribution in [2.24, 2.45) is 0 Å². The number of carbonyl (C=O) groups is 2. The number of phenols is 1. The molecular formula is C17H20N4O5. The van der Waals surface area contributed by atoms with E-state index >= 15 is 0 Å². The minimum Gasteiger partial charge on any atom is -0.506 e. The highest BCUT2D eigenvalue weighted by molar-refractivity contribution is 5.88. The molecule has 1 aromatic carbocycles. The first kappa shape index (κ1) is 17.9. The van der Waals surface area contributed by atoms with E-state index in [1.54, 1.807) is 0 Å². The topological polar surface area (TPSA) is 144 Å². The van der Waals surface area contributed by atoms with Crippen LogP contribution < -0.4 is 16.2 Å². The second kappa shape index (κ2) is 7.52. The minimum atomic E-state index is -1.37. The molecule has 2 unspecified atom stereocenters. The van der Waals surface area contributed by atoms with E-state index in [2.05, 4.69) is 20.6 Å². The molecule has 0 bridgehead atoms. The molecule has 2 atom stereocenters. The van der Waals surface area contributed by atoms with E-state index in [0.717, 1.165) is 12.8 Å². The molecule has 0 aliphatic carbocycles. The average molecular weight is 360 g/mol. The number of fused-ring (bicyclic) bond motifs is 1. The van der Waals surface area contributed by atoms with Gasteiger partial charge in [-0.25, -0.2) is 4.98 Å². The molecule has 1 fully saturated rings. The minimum absolute atomic E-state index is 0.0499. The van der Waals surface area contributed by atoms with E-state index in [1.165, 1.54) is 18.2 Å². The molecule has 2 heterocycles. The molecule has 1 aromatic heterocycles. The number of hydrogen-bond acceptors (Lipinski definition) is 6. The van der Waals surface area contributed by atoms with Gasteiger partial charge in [0.2, 0.25) is 11.8 Å². The summed E-state index contributed by atoms with van der Waals surface area (Å²) in [4.78, 5) is 42.5. The Morgan fingerprint density at radius 3 is 2.96 bits per heavy atom. The number of benzene rings is 1. The van der Waals surface area contributed by atoms with Crippen molar-refractivity contribution < 1.29 is 19.8 Å². The van der Waals surface area contributed by atoms with Crippen LogP contribution in [0.2, 0.25) is 0 Å². The molecule has 1 aliphatic rings. The average Bonchev–Trinajstić information content (AvgIpc) is 2.80. The summed E-state index contributed by atoms with van der Waals surface area (Å²) in [6.45, 7) is 0.583. The van der Waals surface area contributed by atoms with Gasteiger partial charge in [0.05, 0.1) is 11.8 Å². The first-order valence-electron chi connectivity index (χ1n) is 8.43. The van der Waals surface area contributed by atoms with Gasteiger partial charge in [-0.2, -0.15) is 0 Å². The molecule has 3 rings (SSSR count). The van der Waals surface area contributed by atoms with Crippen LogP contribution in [0.3, 0.4) is 0 Å². The van der Waals surface area contributed by atoms with Gasteiger partial charge in [-0.3, -0.25) is 14.4 Å². The molecule has 26 heavy (non-hydrogen) atoms. The SMILES string of the molecule is O=C(CC(O)c1nc2c(O)cccc2c(=O)[nH]1)NC1CCCCNC1=O. The zero-order valence-corrected chi connectivity index (χ0v) is 14.0. The van der Waals surface area contributed by atoms with Crippen molar-refractivity contribution in [1.29, 1.82) is 0 Å². The van der Waals surface area contributed by atoms with Crippen molar-refractivity contribution in [3.05, 3.63) is 34.4 Å². The van der Waals surface area contributed by atoms with E-state index < -0.39 is 23.6 Å². The first-order chi connectivity index (χ1) is 12.5. The van der Waals surface area contributed by atoms with Crippen LogP contribution in [0, 0.1) is 0 Å².